The van der Waals surface area contributed by atoms with Gasteiger partial charge < -0.3 is 0 Å². The van der Waals surface area contributed by atoms with E-state index in [1.165, 1.54) is 31.2 Å². The van der Waals surface area contributed by atoms with Gasteiger partial charge in [0.1, 0.15) is 12.3 Å². The van der Waals surface area contributed by atoms with Gasteiger partial charge >= 0.3 is 0 Å². The van der Waals surface area contributed by atoms with Gasteiger partial charge in [0.2, 0.25) is 0 Å². The molecule has 3 rings (SSSR count). The first-order chi connectivity index (χ1) is 11.5. The van der Waals surface area contributed by atoms with Crippen molar-refractivity contribution in [3.05, 3.63) is 35.4 Å². The molecule has 2 atom stereocenters. The fourth-order valence-electron chi connectivity index (χ4n) is 3.86. The van der Waals surface area contributed by atoms with Crippen LogP contribution in [0.2, 0.25) is 0 Å². The average molecular weight is 334 g/mol. The van der Waals surface area contributed by atoms with E-state index in [0.717, 1.165) is 11.5 Å². The predicted molar refractivity (Wildman–Crippen MR) is 91.1 cm³/mol. The molecule has 0 aliphatic heterocycles. The normalized spacial score (nSPS) is 36.7. The fourth-order valence-corrected chi connectivity index (χ4v) is 3.86. The summed E-state index contributed by atoms with van der Waals surface area (Å²) in [5, 5.41) is 0. The van der Waals surface area contributed by atoms with E-state index in [4.69, 9.17) is 0 Å². The van der Waals surface area contributed by atoms with Gasteiger partial charge in [-0.05, 0) is 55.2 Å². The van der Waals surface area contributed by atoms with Crippen molar-refractivity contribution in [3.8, 4) is 11.8 Å². The van der Waals surface area contributed by atoms with Gasteiger partial charge in [0.05, 0.1) is 0 Å². The van der Waals surface area contributed by atoms with Crippen molar-refractivity contribution >= 4 is 0 Å². The van der Waals surface area contributed by atoms with Gasteiger partial charge in [0.25, 0.3) is 0 Å². The molecule has 0 N–H and O–H groups in total. The Hall–Kier alpha value is -1.43. The highest BCUT2D eigenvalue weighted by atomic mass is 19.2. The second-order valence-corrected chi connectivity index (χ2v) is 7.49. The summed E-state index contributed by atoms with van der Waals surface area (Å²) in [5.74, 6) is 7.01. The molecule has 0 bridgehead atoms. The number of rotatable bonds is 1. The summed E-state index contributed by atoms with van der Waals surface area (Å²) in [4.78, 5) is 0. The van der Waals surface area contributed by atoms with Crippen LogP contribution in [0.5, 0.6) is 0 Å². The maximum absolute atomic E-state index is 13.4. The Morgan fingerprint density at radius 1 is 0.875 bits per heavy atom. The molecule has 0 nitrogen and oxygen atoms in total. The van der Waals surface area contributed by atoms with E-state index in [1.54, 1.807) is 0 Å². The Kier molecular flexibility index (Phi) is 5.54. The number of alkyl halides is 3. The molecule has 0 spiro atoms. The third kappa shape index (κ3) is 4.15. The molecule has 0 saturated heterocycles. The smallest absolute Gasteiger partial charge is 0.162 e. The van der Waals surface area contributed by atoms with Crippen LogP contribution in [0.4, 0.5) is 13.2 Å². The van der Waals surface area contributed by atoms with Crippen molar-refractivity contribution in [3.63, 3.8) is 0 Å². The second-order valence-electron chi connectivity index (χ2n) is 7.49. The van der Waals surface area contributed by atoms with Gasteiger partial charge in [0.15, 0.2) is 6.17 Å². The summed E-state index contributed by atoms with van der Waals surface area (Å²) in [6, 6.07) is 8.22. The molecule has 2 saturated carbocycles. The van der Waals surface area contributed by atoms with Gasteiger partial charge in [-0.1, -0.05) is 43.7 Å². The largest absolute Gasteiger partial charge is 0.244 e. The molecule has 1 aromatic carbocycles. The lowest BCUT2D eigenvalue weighted by Crippen LogP contribution is -2.36. The van der Waals surface area contributed by atoms with E-state index in [9.17, 15) is 13.2 Å². The van der Waals surface area contributed by atoms with Gasteiger partial charge in [-0.15, -0.1) is 0 Å². The van der Waals surface area contributed by atoms with Crippen molar-refractivity contribution < 1.29 is 13.2 Å². The van der Waals surface area contributed by atoms with Crippen molar-refractivity contribution in [1.82, 2.24) is 0 Å². The van der Waals surface area contributed by atoms with Crippen LogP contribution in [-0.4, -0.2) is 18.5 Å². The minimum Gasteiger partial charge on any atom is -0.244 e. The molecule has 3 heteroatoms. The molecular weight excluding hydrogens is 309 g/mol. The lowest BCUT2D eigenvalue weighted by Gasteiger charge is -2.27. The van der Waals surface area contributed by atoms with Crippen LogP contribution in [0.25, 0.3) is 0 Å². The van der Waals surface area contributed by atoms with Crippen molar-refractivity contribution in [2.45, 2.75) is 69.9 Å². The number of hydrogen-bond acceptors (Lipinski definition) is 0. The molecule has 24 heavy (non-hydrogen) atoms. The zero-order valence-electron chi connectivity index (χ0n) is 14.2. The van der Waals surface area contributed by atoms with Crippen LogP contribution in [0.3, 0.4) is 0 Å². The summed E-state index contributed by atoms with van der Waals surface area (Å²) in [6.45, 7) is 2.31. The summed E-state index contributed by atoms with van der Waals surface area (Å²) in [5.41, 5.74) is 2.22. The third-order valence-electron chi connectivity index (χ3n) is 5.53. The highest BCUT2D eigenvalue weighted by molar-refractivity contribution is 5.37. The summed E-state index contributed by atoms with van der Waals surface area (Å²) in [6.07, 6.45) is -0.395. The Morgan fingerprint density at radius 2 is 1.46 bits per heavy atom. The summed E-state index contributed by atoms with van der Waals surface area (Å²) < 4.78 is 40.0. The second kappa shape index (κ2) is 7.64. The Labute approximate surface area is 142 Å². The van der Waals surface area contributed by atoms with E-state index in [2.05, 4.69) is 30.9 Å². The zero-order valence-corrected chi connectivity index (χ0v) is 14.2. The minimum absolute atomic E-state index is 0.00702. The Morgan fingerprint density at radius 3 is 2.04 bits per heavy atom. The van der Waals surface area contributed by atoms with Crippen LogP contribution < -0.4 is 0 Å². The molecule has 0 aromatic heterocycles. The fraction of sp³-hybridized carbons (Fsp3) is 0.619. The van der Waals surface area contributed by atoms with Crippen molar-refractivity contribution in [1.29, 1.82) is 0 Å². The van der Waals surface area contributed by atoms with Crippen LogP contribution in [0, 0.1) is 23.7 Å². The average Bonchev–Trinajstić information content (AvgIpc) is 2.59. The lowest BCUT2D eigenvalue weighted by molar-refractivity contribution is 0.0298. The standard InChI is InChI=1S/C21H25F3/c1-14-2-8-17(9-3-14)18-10-6-15(7-11-18)4-5-16-12-19(22)21(24)20(23)13-16/h6-7,10-11,14,16-17,19-21H,2-3,8-9,12-13H2,1H3. The van der Waals surface area contributed by atoms with Gasteiger partial charge in [-0.3, -0.25) is 0 Å². The van der Waals surface area contributed by atoms with Crippen LogP contribution in [0.15, 0.2) is 24.3 Å². The van der Waals surface area contributed by atoms with E-state index >= 15 is 0 Å². The van der Waals surface area contributed by atoms with Gasteiger partial charge in [-0.2, -0.15) is 0 Å². The first kappa shape index (κ1) is 17.4. The SMILES string of the molecule is CC1CCC(c2ccc(C#CC3CC(F)C(F)C(F)C3)cc2)CC1. The number of halogens is 3. The molecule has 0 radical (unpaired) electrons. The maximum Gasteiger partial charge on any atom is 0.162 e. The highest BCUT2D eigenvalue weighted by Gasteiger charge is 2.38. The van der Waals surface area contributed by atoms with E-state index in [1.807, 2.05) is 12.1 Å². The van der Waals surface area contributed by atoms with E-state index in [-0.39, 0.29) is 12.8 Å². The molecule has 0 heterocycles. The van der Waals surface area contributed by atoms with Gasteiger partial charge in [0, 0.05) is 11.5 Å². The topological polar surface area (TPSA) is 0 Å². The quantitative estimate of drug-likeness (QED) is 0.573. The summed E-state index contributed by atoms with van der Waals surface area (Å²) in [7, 11) is 0. The molecule has 2 aliphatic carbocycles. The lowest BCUT2D eigenvalue weighted by atomic mass is 9.79. The molecule has 2 aliphatic rings. The minimum atomic E-state index is -1.99. The first-order valence-corrected chi connectivity index (χ1v) is 9.06. The molecule has 130 valence electrons. The Bertz CT molecular complexity index is 578. The molecule has 2 fully saturated rings. The molecule has 2 unspecified atom stereocenters. The predicted octanol–water partition coefficient (Wildman–Crippen LogP) is 5.76. The number of benzene rings is 1. The van der Waals surface area contributed by atoms with Crippen LogP contribution in [0.1, 0.15) is 62.5 Å². The monoisotopic (exact) mass is 334 g/mol. The highest BCUT2D eigenvalue weighted by Crippen LogP contribution is 2.35. The third-order valence-corrected chi connectivity index (χ3v) is 5.53. The van der Waals surface area contributed by atoms with Gasteiger partial charge in [-0.25, -0.2) is 13.2 Å². The van der Waals surface area contributed by atoms with Crippen LogP contribution in [-0.2, 0) is 0 Å². The molecule has 0 amide bonds. The summed E-state index contributed by atoms with van der Waals surface area (Å²) >= 11 is 0. The van der Waals surface area contributed by atoms with E-state index in [0.29, 0.717) is 5.92 Å². The maximum atomic E-state index is 13.4. The Balaban J connectivity index is 1.61. The van der Waals surface area contributed by atoms with Crippen molar-refractivity contribution in [2.24, 2.45) is 11.8 Å². The molecular formula is C21H25F3. The van der Waals surface area contributed by atoms with Crippen LogP contribution >= 0.6 is 0 Å². The molecule has 1 aromatic rings. The van der Waals surface area contributed by atoms with E-state index < -0.39 is 24.4 Å². The zero-order chi connectivity index (χ0) is 17.1. The number of hydrogen-bond donors (Lipinski definition) is 0. The van der Waals surface area contributed by atoms with Crippen molar-refractivity contribution in [2.75, 3.05) is 0 Å². The first-order valence-electron chi connectivity index (χ1n) is 9.06.